The number of nitrogens with one attached hydrogen (secondary N) is 1. The van der Waals surface area contributed by atoms with Gasteiger partial charge in [-0.25, -0.2) is 4.79 Å². The van der Waals surface area contributed by atoms with Gasteiger partial charge >= 0.3 is 5.69 Å². The van der Waals surface area contributed by atoms with E-state index in [0.717, 1.165) is 15.0 Å². The summed E-state index contributed by atoms with van der Waals surface area (Å²) in [6.07, 6.45) is 0.593. The molecule has 0 saturated carbocycles. The molecule has 0 bridgehead atoms. The molecule has 1 N–H and O–H groups in total. The number of thiophene rings is 1. The Labute approximate surface area is 154 Å². The zero-order valence-electron chi connectivity index (χ0n) is 15.4. The zero-order chi connectivity index (χ0) is 19.1. The molecular weight excluding hydrogens is 358 g/mol. The van der Waals surface area contributed by atoms with E-state index in [0.29, 0.717) is 36.4 Å². The summed E-state index contributed by atoms with van der Waals surface area (Å²) in [5, 5.41) is 3.16. The van der Waals surface area contributed by atoms with Crippen LogP contribution in [0.4, 0.5) is 0 Å². The Bertz CT molecular complexity index is 969. The summed E-state index contributed by atoms with van der Waals surface area (Å²) in [6, 6.07) is 0. The summed E-state index contributed by atoms with van der Waals surface area (Å²) in [5.41, 5.74) is -0.358. The van der Waals surface area contributed by atoms with Gasteiger partial charge in [0, 0.05) is 32.0 Å². The van der Waals surface area contributed by atoms with Gasteiger partial charge in [0.25, 0.3) is 5.56 Å². The Balaban J connectivity index is 2.07. The third-order valence-electron chi connectivity index (χ3n) is 4.48. The van der Waals surface area contributed by atoms with Crippen molar-refractivity contribution >= 4 is 27.5 Å². The second kappa shape index (κ2) is 6.98. The SMILES string of the molecule is COCCNC(=O)Cn1c(=O)c2c3c(sc2n(C)c1=O)COC(C)(C)C3. The minimum absolute atomic E-state index is 0.310. The van der Waals surface area contributed by atoms with Crippen molar-refractivity contribution in [1.82, 2.24) is 14.5 Å². The van der Waals surface area contributed by atoms with Crippen LogP contribution in [0.25, 0.3) is 10.2 Å². The Morgan fingerprint density at radius 3 is 2.81 bits per heavy atom. The van der Waals surface area contributed by atoms with Crippen molar-refractivity contribution in [2.45, 2.75) is 39.0 Å². The summed E-state index contributed by atoms with van der Waals surface area (Å²) in [6.45, 7) is 4.76. The Morgan fingerprint density at radius 1 is 1.38 bits per heavy atom. The third-order valence-corrected chi connectivity index (χ3v) is 5.76. The molecule has 26 heavy (non-hydrogen) atoms. The smallest absolute Gasteiger partial charge is 0.332 e. The molecule has 0 aliphatic carbocycles. The molecule has 9 heteroatoms. The van der Waals surface area contributed by atoms with Gasteiger partial charge in [-0.1, -0.05) is 0 Å². The van der Waals surface area contributed by atoms with Crippen molar-refractivity contribution in [3.8, 4) is 0 Å². The van der Waals surface area contributed by atoms with Crippen LogP contribution in [-0.4, -0.2) is 40.9 Å². The number of ether oxygens (including phenoxy) is 2. The fourth-order valence-electron chi connectivity index (χ4n) is 3.12. The van der Waals surface area contributed by atoms with E-state index >= 15 is 0 Å². The Morgan fingerprint density at radius 2 is 2.12 bits per heavy atom. The van der Waals surface area contributed by atoms with Crippen LogP contribution in [0.3, 0.4) is 0 Å². The van der Waals surface area contributed by atoms with Gasteiger partial charge in [0.15, 0.2) is 0 Å². The lowest BCUT2D eigenvalue weighted by Crippen LogP contribution is -2.43. The summed E-state index contributed by atoms with van der Waals surface area (Å²) in [7, 11) is 3.16. The van der Waals surface area contributed by atoms with Gasteiger partial charge in [0.2, 0.25) is 5.91 Å². The minimum atomic E-state index is -0.497. The Kier molecular flexibility index (Phi) is 5.05. The van der Waals surface area contributed by atoms with E-state index in [4.69, 9.17) is 9.47 Å². The number of hydrogen-bond donors (Lipinski definition) is 1. The molecule has 2 aromatic heterocycles. The van der Waals surface area contributed by atoms with Crippen LogP contribution >= 0.6 is 11.3 Å². The number of aromatic nitrogens is 2. The number of hydrogen-bond acceptors (Lipinski definition) is 6. The highest BCUT2D eigenvalue weighted by Crippen LogP contribution is 2.36. The summed E-state index contributed by atoms with van der Waals surface area (Å²) in [5.74, 6) is -0.395. The molecule has 0 saturated heterocycles. The molecule has 0 aromatic carbocycles. The molecular formula is C17H23N3O5S. The van der Waals surface area contributed by atoms with Crippen LogP contribution in [0.1, 0.15) is 24.3 Å². The maximum absolute atomic E-state index is 13.0. The molecule has 0 atom stereocenters. The lowest BCUT2D eigenvalue weighted by atomic mass is 9.94. The summed E-state index contributed by atoms with van der Waals surface area (Å²) in [4.78, 5) is 39.3. The van der Waals surface area contributed by atoms with Gasteiger partial charge < -0.3 is 14.8 Å². The molecule has 0 unspecified atom stereocenters. The first-order valence-corrected chi connectivity index (χ1v) is 9.20. The maximum atomic E-state index is 13.0. The normalized spacial score (nSPS) is 15.8. The molecule has 1 amide bonds. The van der Waals surface area contributed by atoms with Crippen LogP contribution < -0.4 is 16.6 Å². The quantitative estimate of drug-likeness (QED) is 0.756. The van der Waals surface area contributed by atoms with Crippen LogP contribution in [-0.2, 0) is 40.9 Å². The average Bonchev–Trinajstić information content (AvgIpc) is 2.94. The monoisotopic (exact) mass is 381 g/mol. The molecule has 2 aromatic rings. The molecule has 1 aliphatic heterocycles. The topological polar surface area (TPSA) is 91.6 Å². The van der Waals surface area contributed by atoms with Crippen molar-refractivity contribution in [3.05, 3.63) is 31.3 Å². The molecule has 0 radical (unpaired) electrons. The maximum Gasteiger partial charge on any atom is 0.332 e. The molecule has 0 fully saturated rings. The summed E-state index contributed by atoms with van der Waals surface area (Å²) >= 11 is 1.41. The number of rotatable bonds is 5. The number of methoxy groups -OCH3 is 1. The van der Waals surface area contributed by atoms with Crippen molar-refractivity contribution in [2.75, 3.05) is 20.3 Å². The van der Waals surface area contributed by atoms with Crippen LogP contribution in [0, 0.1) is 0 Å². The minimum Gasteiger partial charge on any atom is -0.383 e. The second-order valence-corrected chi connectivity index (χ2v) is 8.07. The first-order valence-electron chi connectivity index (χ1n) is 8.39. The van der Waals surface area contributed by atoms with Gasteiger partial charge in [0.05, 0.1) is 24.2 Å². The second-order valence-electron chi connectivity index (χ2n) is 6.98. The van der Waals surface area contributed by atoms with E-state index in [2.05, 4.69) is 5.32 Å². The first kappa shape index (κ1) is 18.8. The van der Waals surface area contributed by atoms with Crippen LogP contribution in [0.2, 0.25) is 0 Å². The number of fused-ring (bicyclic) bond motifs is 3. The van der Waals surface area contributed by atoms with E-state index in [1.54, 1.807) is 7.05 Å². The number of aryl methyl sites for hydroxylation is 1. The fraction of sp³-hybridized carbons (Fsp3) is 0.588. The number of amides is 1. The molecule has 3 rings (SSSR count). The van der Waals surface area contributed by atoms with E-state index in [1.165, 1.54) is 23.0 Å². The van der Waals surface area contributed by atoms with Crippen LogP contribution in [0.5, 0.6) is 0 Å². The largest absolute Gasteiger partial charge is 0.383 e. The first-order chi connectivity index (χ1) is 12.2. The summed E-state index contributed by atoms with van der Waals surface area (Å²) < 4.78 is 13.1. The van der Waals surface area contributed by atoms with Crippen molar-refractivity contribution in [2.24, 2.45) is 7.05 Å². The van der Waals surface area contributed by atoms with E-state index in [9.17, 15) is 14.4 Å². The van der Waals surface area contributed by atoms with Crippen molar-refractivity contribution in [3.63, 3.8) is 0 Å². The van der Waals surface area contributed by atoms with E-state index in [-0.39, 0.29) is 12.1 Å². The molecule has 0 spiro atoms. The average molecular weight is 381 g/mol. The predicted molar refractivity (Wildman–Crippen MR) is 98.8 cm³/mol. The molecule has 8 nitrogen and oxygen atoms in total. The fourth-order valence-corrected chi connectivity index (χ4v) is 4.29. The lowest BCUT2D eigenvalue weighted by molar-refractivity contribution is -0.121. The van der Waals surface area contributed by atoms with Crippen LogP contribution in [0.15, 0.2) is 9.59 Å². The number of carbonyl (C=O) groups excluding carboxylic acids is 1. The van der Waals surface area contributed by atoms with Gasteiger partial charge in [0.1, 0.15) is 11.4 Å². The van der Waals surface area contributed by atoms with Gasteiger partial charge in [-0.15, -0.1) is 11.3 Å². The number of nitrogens with zero attached hydrogens (tertiary/aromatic N) is 2. The third kappa shape index (κ3) is 3.34. The zero-order valence-corrected chi connectivity index (χ0v) is 16.2. The molecule has 142 valence electrons. The van der Waals surface area contributed by atoms with Gasteiger partial charge in [-0.3, -0.25) is 18.7 Å². The standard InChI is InChI=1S/C17H23N3O5S/c1-17(2)7-10-11(9-25-17)26-15-13(10)14(22)20(16(23)19(15)3)8-12(21)18-5-6-24-4/h5-9H2,1-4H3,(H,18,21). The predicted octanol–water partition coefficient (Wildman–Crippen LogP) is 0.376. The number of carbonyl (C=O) groups is 1. The Hall–Kier alpha value is -1.97. The highest BCUT2D eigenvalue weighted by Gasteiger charge is 2.31. The molecule has 1 aliphatic rings. The highest BCUT2D eigenvalue weighted by molar-refractivity contribution is 7.18. The lowest BCUT2D eigenvalue weighted by Gasteiger charge is -2.29. The molecule has 3 heterocycles. The van der Waals surface area contributed by atoms with E-state index in [1.807, 2.05) is 13.8 Å². The van der Waals surface area contributed by atoms with E-state index < -0.39 is 17.2 Å². The highest BCUT2D eigenvalue weighted by atomic mass is 32.1. The van der Waals surface area contributed by atoms with Gasteiger partial charge in [-0.2, -0.15) is 0 Å². The van der Waals surface area contributed by atoms with Crippen molar-refractivity contribution in [1.29, 1.82) is 0 Å². The van der Waals surface area contributed by atoms with Crippen molar-refractivity contribution < 1.29 is 14.3 Å². The van der Waals surface area contributed by atoms with Gasteiger partial charge in [-0.05, 0) is 19.4 Å².